The SMILES string of the molecule is O=P(O)(O)C(Cc1cc(-c2cn[nH]c2)cnc1-c1ccsc1)P(=O)(O)O. The summed E-state index contributed by atoms with van der Waals surface area (Å²) >= 11 is 1.41. The number of hydrogen-bond acceptors (Lipinski definition) is 5. The Bertz CT molecular complexity index is 958. The van der Waals surface area contributed by atoms with Crippen LogP contribution in [-0.2, 0) is 15.6 Å². The summed E-state index contributed by atoms with van der Waals surface area (Å²) in [6, 6.07) is 3.39. The van der Waals surface area contributed by atoms with Crippen LogP contribution in [0, 0.1) is 0 Å². The van der Waals surface area contributed by atoms with Crippen LogP contribution >= 0.6 is 26.5 Å². The maximum absolute atomic E-state index is 11.7. The molecule has 0 aliphatic heterocycles. The highest BCUT2D eigenvalue weighted by Crippen LogP contribution is 2.61. The van der Waals surface area contributed by atoms with Crippen molar-refractivity contribution in [3.05, 3.63) is 47.0 Å². The summed E-state index contributed by atoms with van der Waals surface area (Å²) in [5, 5.41) is 7.98. The molecule has 0 atom stereocenters. The smallest absolute Gasteiger partial charge is 0.324 e. The van der Waals surface area contributed by atoms with Crippen LogP contribution in [0.3, 0.4) is 0 Å². The normalized spacial score (nSPS) is 12.7. The van der Waals surface area contributed by atoms with Crippen LogP contribution in [0.2, 0.25) is 0 Å². The van der Waals surface area contributed by atoms with Crippen molar-refractivity contribution in [2.45, 2.75) is 11.8 Å². The number of nitrogens with zero attached hydrogens (tertiary/aromatic N) is 2. The Kier molecular flexibility index (Phi) is 5.28. The molecule has 0 radical (unpaired) electrons. The van der Waals surface area contributed by atoms with Crippen molar-refractivity contribution in [1.82, 2.24) is 15.2 Å². The average molecular weight is 415 g/mol. The highest BCUT2D eigenvalue weighted by atomic mass is 32.1. The number of H-pyrrole nitrogens is 1. The Labute approximate surface area is 152 Å². The van der Waals surface area contributed by atoms with Crippen LogP contribution in [-0.4, -0.2) is 40.2 Å². The van der Waals surface area contributed by atoms with E-state index in [1.165, 1.54) is 11.3 Å². The molecule has 138 valence electrons. The first-order valence-corrected chi connectivity index (χ1v) is 11.6. The zero-order valence-corrected chi connectivity index (χ0v) is 15.7. The summed E-state index contributed by atoms with van der Waals surface area (Å²) < 4.78 is 23.3. The molecule has 3 aromatic heterocycles. The fourth-order valence-corrected chi connectivity index (χ4v) is 5.60. The minimum Gasteiger partial charge on any atom is -0.324 e. The number of aromatic nitrogens is 3. The molecular formula is C14H15N3O6P2S. The van der Waals surface area contributed by atoms with Gasteiger partial charge in [-0.2, -0.15) is 16.4 Å². The fourth-order valence-electron chi connectivity index (χ4n) is 2.52. The molecule has 26 heavy (non-hydrogen) atoms. The molecule has 0 bridgehead atoms. The Morgan fingerprint density at radius 2 is 1.81 bits per heavy atom. The molecule has 0 aliphatic carbocycles. The molecule has 0 spiro atoms. The molecule has 0 saturated carbocycles. The second kappa shape index (κ2) is 7.17. The van der Waals surface area contributed by atoms with Gasteiger partial charge >= 0.3 is 15.2 Å². The van der Waals surface area contributed by atoms with Crippen LogP contribution < -0.4 is 0 Å². The van der Waals surface area contributed by atoms with E-state index < -0.39 is 27.0 Å². The third-order valence-electron chi connectivity index (χ3n) is 3.77. The van der Waals surface area contributed by atoms with E-state index in [0.717, 1.165) is 0 Å². The maximum atomic E-state index is 11.7. The fraction of sp³-hybridized carbons (Fsp3) is 0.143. The number of aromatic amines is 1. The minimum absolute atomic E-state index is 0.332. The number of thiophene rings is 1. The predicted molar refractivity (Wildman–Crippen MR) is 96.7 cm³/mol. The van der Waals surface area contributed by atoms with E-state index in [9.17, 15) is 28.7 Å². The molecule has 12 heteroatoms. The van der Waals surface area contributed by atoms with Gasteiger partial charge in [0.05, 0.1) is 11.9 Å². The minimum atomic E-state index is -5.04. The van der Waals surface area contributed by atoms with Crippen molar-refractivity contribution in [1.29, 1.82) is 0 Å². The molecule has 0 fully saturated rings. The first kappa shape index (κ1) is 19.1. The molecule has 5 N–H and O–H groups in total. The van der Waals surface area contributed by atoms with Crippen LogP contribution in [0.4, 0.5) is 0 Å². The topological polar surface area (TPSA) is 157 Å². The standard InChI is InChI=1S/C14H15N3O6P2S/c18-24(19,20)13(25(21,22)23)4-10-3-11(12-6-16-17-7-12)5-15-14(10)9-1-2-26-8-9/h1-3,5-8,13H,4H2,(H,16,17)(H2,18,19,20)(H2,21,22,23). The second-order valence-corrected chi connectivity index (χ2v) is 10.4. The van der Waals surface area contributed by atoms with Crippen LogP contribution in [0.15, 0.2) is 41.5 Å². The summed E-state index contributed by atoms with van der Waals surface area (Å²) in [6.45, 7) is 0. The largest absolute Gasteiger partial charge is 0.341 e. The van der Waals surface area contributed by atoms with Crippen molar-refractivity contribution in [2.24, 2.45) is 0 Å². The van der Waals surface area contributed by atoms with E-state index in [-0.39, 0.29) is 0 Å². The zero-order chi connectivity index (χ0) is 18.9. The highest BCUT2D eigenvalue weighted by Gasteiger charge is 2.43. The first-order chi connectivity index (χ1) is 12.2. The van der Waals surface area contributed by atoms with Crippen molar-refractivity contribution in [3.8, 4) is 22.4 Å². The molecule has 3 rings (SSSR count). The van der Waals surface area contributed by atoms with E-state index in [0.29, 0.717) is 27.9 Å². The van der Waals surface area contributed by atoms with Gasteiger partial charge in [-0.3, -0.25) is 19.2 Å². The summed E-state index contributed by atoms with van der Waals surface area (Å²) in [4.78, 5) is 42.1. The van der Waals surface area contributed by atoms with Gasteiger partial charge in [0.2, 0.25) is 0 Å². The molecule has 9 nitrogen and oxygen atoms in total. The lowest BCUT2D eigenvalue weighted by atomic mass is 10.0. The van der Waals surface area contributed by atoms with Gasteiger partial charge in [-0.15, -0.1) is 0 Å². The quantitative estimate of drug-likeness (QED) is 0.384. The summed E-state index contributed by atoms with van der Waals surface area (Å²) in [7, 11) is -10.1. The van der Waals surface area contributed by atoms with E-state index in [1.807, 2.05) is 5.38 Å². The maximum Gasteiger partial charge on any atom is 0.341 e. The van der Waals surface area contributed by atoms with Crippen LogP contribution in [0.5, 0.6) is 0 Å². The monoisotopic (exact) mass is 415 g/mol. The Morgan fingerprint density at radius 1 is 1.08 bits per heavy atom. The number of nitrogens with one attached hydrogen (secondary N) is 1. The highest BCUT2D eigenvalue weighted by molar-refractivity contribution is 7.70. The number of hydrogen-bond donors (Lipinski definition) is 5. The molecule has 0 aliphatic rings. The number of pyridine rings is 1. The van der Waals surface area contributed by atoms with Crippen molar-refractivity contribution in [3.63, 3.8) is 0 Å². The average Bonchev–Trinajstić information content (AvgIpc) is 3.23. The number of rotatable bonds is 6. The van der Waals surface area contributed by atoms with Crippen LogP contribution in [0.1, 0.15) is 5.56 Å². The van der Waals surface area contributed by atoms with Gasteiger partial charge in [0.15, 0.2) is 5.40 Å². The van der Waals surface area contributed by atoms with E-state index >= 15 is 0 Å². The molecule has 3 aromatic rings. The molecular weight excluding hydrogens is 400 g/mol. The van der Waals surface area contributed by atoms with Gasteiger partial charge in [-0.25, -0.2) is 0 Å². The van der Waals surface area contributed by atoms with Crippen LogP contribution in [0.25, 0.3) is 22.4 Å². The van der Waals surface area contributed by atoms with Crippen molar-refractivity contribution in [2.75, 3.05) is 0 Å². The Hall–Kier alpha value is -1.64. The molecule has 3 heterocycles. The summed E-state index contributed by atoms with van der Waals surface area (Å²) in [5.41, 5.74) is 2.77. The van der Waals surface area contributed by atoms with Gasteiger partial charge in [-0.05, 0) is 23.1 Å². The first-order valence-electron chi connectivity index (χ1n) is 7.27. The molecule has 0 amide bonds. The third kappa shape index (κ3) is 4.19. The van der Waals surface area contributed by atoms with E-state index in [4.69, 9.17) is 0 Å². The van der Waals surface area contributed by atoms with Gasteiger partial charge in [0.25, 0.3) is 0 Å². The second-order valence-electron chi connectivity index (χ2n) is 5.59. The third-order valence-corrected chi connectivity index (χ3v) is 8.18. The lowest BCUT2D eigenvalue weighted by molar-refractivity contribution is 0.338. The lowest BCUT2D eigenvalue weighted by Crippen LogP contribution is -2.14. The van der Waals surface area contributed by atoms with Gasteiger partial charge in [-0.1, -0.05) is 0 Å². The lowest BCUT2D eigenvalue weighted by Gasteiger charge is -2.21. The summed E-state index contributed by atoms with van der Waals surface area (Å²) in [5.74, 6) is 0. The van der Waals surface area contributed by atoms with E-state index in [1.54, 1.807) is 36.1 Å². The van der Waals surface area contributed by atoms with Gasteiger partial charge < -0.3 is 19.6 Å². The zero-order valence-electron chi connectivity index (χ0n) is 13.1. The van der Waals surface area contributed by atoms with Gasteiger partial charge in [0, 0.05) is 40.9 Å². The van der Waals surface area contributed by atoms with Crippen molar-refractivity contribution >= 4 is 26.5 Å². The molecule has 0 saturated heterocycles. The van der Waals surface area contributed by atoms with Crippen molar-refractivity contribution < 1.29 is 28.7 Å². The Balaban J connectivity index is 2.12. The summed E-state index contributed by atoms with van der Waals surface area (Å²) in [6.07, 6.45) is 4.23. The molecule has 0 unspecified atom stereocenters. The molecule has 0 aromatic carbocycles. The predicted octanol–water partition coefficient (Wildman–Crippen LogP) is 2.42. The van der Waals surface area contributed by atoms with Gasteiger partial charge in [0.1, 0.15) is 0 Å². The van der Waals surface area contributed by atoms with E-state index in [2.05, 4.69) is 15.2 Å². The Morgan fingerprint density at radius 3 is 2.35 bits per heavy atom.